The van der Waals surface area contributed by atoms with Gasteiger partial charge in [0.05, 0.1) is 25.5 Å². The summed E-state index contributed by atoms with van der Waals surface area (Å²) in [6.07, 6.45) is 17.3. The van der Waals surface area contributed by atoms with Crippen molar-refractivity contribution in [3.05, 3.63) is 65.7 Å². The van der Waals surface area contributed by atoms with Gasteiger partial charge < -0.3 is 14.2 Å². The van der Waals surface area contributed by atoms with Crippen LogP contribution in [0.5, 0.6) is 11.5 Å². The van der Waals surface area contributed by atoms with E-state index in [2.05, 4.69) is 24.9 Å². The lowest BCUT2D eigenvalue weighted by Crippen LogP contribution is -2.28. The van der Waals surface area contributed by atoms with Crippen molar-refractivity contribution in [1.82, 2.24) is 0 Å². The molecule has 0 unspecified atom stereocenters. The highest BCUT2D eigenvalue weighted by molar-refractivity contribution is 5.82. The Hall–Kier alpha value is -2.59. The molecule has 0 aromatic heterocycles. The summed E-state index contributed by atoms with van der Waals surface area (Å²) >= 11 is 0. The molecule has 0 N–H and O–H groups in total. The number of benzene rings is 2. The third-order valence-corrected chi connectivity index (χ3v) is 6.42. The van der Waals surface area contributed by atoms with Gasteiger partial charge >= 0.3 is 0 Å². The number of aliphatic imine (C=N–C) groups is 1. The fraction of sp³-hybridized carbons (Fsp3) is 0.516. The van der Waals surface area contributed by atoms with Gasteiger partial charge in [0.15, 0.2) is 0 Å². The van der Waals surface area contributed by atoms with E-state index in [1.165, 1.54) is 63.4 Å². The van der Waals surface area contributed by atoms with E-state index in [9.17, 15) is 0 Å². The Bertz CT molecular complexity index is 886. The Morgan fingerprint density at radius 1 is 0.829 bits per heavy atom. The average Bonchev–Trinajstić information content (AvgIpc) is 2.89. The SMILES string of the molecule is CCCCCCCCCCCCOc1ccc(C=Nc2ccc(O[C@H]3COCC=C3C)cc2)cc1. The van der Waals surface area contributed by atoms with Gasteiger partial charge in [-0.2, -0.15) is 0 Å². The number of rotatable bonds is 16. The molecule has 4 heteroatoms. The van der Waals surface area contributed by atoms with Crippen molar-refractivity contribution < 1.29 is 14.2 Å². The van der Waals surface area contributed by atoms with E-state index >= 15 is 0 Å². The smallest absolute Gasteiger partial charge is 0.143 e. The van der Waals surface area contributed by atoms with Crippen molar-refractivity contribution in [3.63, 3.8) is 0 Å². The van der Waals surface area contributed by atoms with Crippen LogP contribution < -0.4 is 9.47 Å². The average molecular weight is 478 g/mol. The van der Waals surface area contributed by atoms with Crippen LogP contribution in [0.15, 0.2) is 65.2 Å². The van der Waals surface area contributed by atoms with Crippen molar-refractivity contribution in [2.45, 2.75) is 84.2 Å². The second kappa shape index (κ2) is 16.1. The lowest BCUT2D eigenvalue weighted by molar-refractivity contribution is 0.0681. The van der Waals surface area contributed by atoms with Gasteiger partial charge in [-0.1, -0.05) is 70.8 Å². The monoisotopic (exact) mass is 477 g/mol. The van der Waals surface area contributed by atoms with Crippen molar-refractivity contribution in [2.75, 3.05) is 19.8 Å². The summed E-state index contributed by atoms with van der Waals surface area (Å²) < 4.78 is 17.4. The number of ether oxygens (including phenoxy) is 3. The second-order valence-corrected chi connectivity index (χ2v) is 9.44. The molecule has 0 radical (unpaired) electrons. The Labute approximate surface area is 212 Å². The Morgan fingerprint density at radius 3 is 2.11 bits per heavy atom. The maximum atomic E-state index is 6.02. The van der Waals surface area contributed by atoms with Gasteiger partial charge in [-0.05, 0) is 73.0 Å². The molecule has 1 atom stereocenters. The first kappa shape index (κ1) is 27.0. The zero-order valence-electron chi connectivity index (χ0n) is 21.7. The molecule has 2 aromatic rings. The van der Waals surface area contributed by atoms with Crippen molar-refractivity contribution >= 4 is 11.9 Å². The van der Waals surface area contributed by atoms with E-state index < -0.39 is 0 Å². The summed E-state index contributed by atoms with van der Waals surface area (Å²) in [6, 6.07) is 16.0. The lowest BCUT2D eigenvalue weighted by atomic mass is 10.1. The Balaban J connectivity index is 1.30. The summed E-state index contributed by atoms with van der Waals surface area (Å²) in [5, 5.41) is 0. The van der Waals surface area contributed by atoms with Crippen LogP contribution in [0.2, 0.25) is 0 Å². The quantitative estimate of drug-likeness (QED) is 0.138. The number of nitrogens with zero attached hydrogens (tertiary/aromatic N) is 1. The molecule has 0 saturated heterocycles. The summed E-state index contributed by atoms with van der Waals surface area (Å²) in [5.74, 6) is 1.76. The molecular formula is C31H43NO3. The van der Waals surface area contributed by atoms with Crippen LogP contribution in [-0.2, 0) is 4.74 Å². The minimum absolute atomic E-state index is 0.0102. The molecule has 1 heterocycles. The standard InChI is InChI=1S/C31H43NO3/c1-3-4-5-6-7-8-9-10-11-12-22-34-29-17-13-27(14-18-29)24-32-28-15-19-30(20-16-28)35-31-25-33-23-21-26(31)2/h13-21,24,31H,3-12,22-23,25H2,1-2H3/t31-/m0/s1. The summed E-state index contributed by atoms with van der Waals surface area (Å²) in [5.41, 5.74) is 3.16. The molecule has 1 aliphatic rings. The molecule has 35 heavy (non-hydrogen) atoms. The zero-order valence-corrected chi connectivity index (χ0v) is 21.7. The molecule has 0 aliphatic carbocycles. The third-order valence-electron chi connectivity index (χ3n) is 6.42. The van der Waals surface area contributed by atoms with Crippen molar-refractivity contribution in [3.8, 4) is 11.5 Å². The molecule has 0 saturated carbocycles. The van der Waals surface area contributed by atoms with E-state index in [0.717, 1.165) is 35.8 Å². The molecule has 1 aliphatic heterocycles. The lowest BCUT2D eigenvalue weighted by Gasteiger charge is -2.23. The maximum Gasteiger partial charge on any atom is 0.143 e. The van der Waals surface area contributed by atoms with Crippen LogP contribution in [0.1, 0.15) is 83.6 Å². The molecule has 4 nitrogen and oxygen atoms in total. The molecule has 2 aromatic carbocycles. The predicted molar refractivity (Wildman–Crippen MR) is 146 cm³/mol. The first-order chi connectivity index (χ1) is 17.2. The van der Waals surface area contributed by atoms with E-state index in [4.69, 9.17) is 14.2 Å². The third kappa shape index (κ3) is 10.7. The number of hydrogen-bond acceptors (Lipinski definition) is 4. The van der Waals surface area contributed by atoms with Crippen molar-refractivity contribution in [1.29, 1.82) is 0 Å². The summed E-state index contributed by atoms with van der Waals surface area (Å²) in [4.78, 5) is 4.58. The fourth-order valence-corrected chi connectivity index (χ4v) is 4.11. The first-order valence-electron chi connectivity index (χ1n) is 13.5. The van der Waals surface area contributed by atoms with Gasteiger partial charge in [0.25, 0.3) is 0 Å². The number of unbranched alkanes of at least 4 members (excludes halogenated alkanes) is 9. The van der Waals surface area contributed by atoms with Crippen LogP contribution in [0.25, 0.3) is 0 Å². The van der Waals surface area contributed by atoms with Gasteiger partial charge in [-0.3, -0.25) is 4.99 Å². The van der Waals surface area contributed by atoms with E-state index in [0.29, 0.717) is 13.2 Å². The normalized spacial score (nSPS) is 15.8. The molecule has 0 amide bonds. The highest BCUT2D eigenvalue weighted by atomic mass is 16.5. The van der Waals surface area contributed by atoms with E-state index in [1.807, 2.05) is 54.7 Å². The topological polar surface area (TPSA) is 40.0 Å². The second-order valence-electron chi connectivity index (χ2n) is 9.44. The van der Waals surface area contributed by atoms with Crippen LogP contribution in [0.3, 0.4) is 0 Å². The van der Waals surface area contributed by atoms with Crippen LogP contribution in [0, 0.1) is 0 Å². The van der Waals surface area contributed by atoms with Gasteiger partial charge in [-0.25, -0.2) is 0 Å². The van der Waals surface area contributed by atoms with Gasteiger partial charge in [0.2, 0.25) is 0 Å². The highest BCUT2D eigenvalue weighted by Crippen LogP contribution is 2.22. The first-order valence-corrected chi connectivity index (χ1v) is 13.5. The molecule has 0 fully saturated rings. The maximum absolute atomic E-state index is 6.02. The van der Waals surface area contributed by atoms with Gasteiger partial charge in [0, 0.05) is 6.21 Å². The molecular weight excluding hydrogens is 434 g/mol. The van der Waals surface area contributed by atoms with Crippen LogP contribution >= 0.6 is 0 Å². The molecule has 3 rings (SSSR count). The molecule has 0 bridgehead atoms. The Morgan fingerprint density at radius 2 is 1.46 bits per heavy atom. The Kier molecular flexibility index (Phi) is 12.5. The zero-order chi connectivity index (χ0) is 24.6. The highest BCUT2D eigenvalue weighted by Gasteiger charge is 2.16. The van der Waals surface area contributed by atoms with Crippen molar-refractivity contribution in [2.24, 2.45) is 4.99 Å². The van der Waals surface area contributed by atoms with E-state index in [-0.39, 0.29) is 6.10 Å². The van der Waals surface area contributed by atoms with Crippen LogP contribution in [0.4, 0.5) is 5.69 Å². The fourth-order valence-electron chi connectivity index (χ4n) is 4.11. The minimum atomic E-state index is -0.0102. The van der Waals surface area contributed by atoms with Crippen LogP contribution in [-0.4, -0.2) is 32.1 Å². The largest absolute Gasteiger partial charge is 0.494 e. The summed E-state index contributed by atoms with van der Waals surface area (Å²) in [6.45, 7) is 6.42. The van der Waals surface area contributed by atoms with Gasteiger partial charge in [-0.15, -0.1) is 0 Å². The summed E-state index contributed by atoms with van der Waals surface area (Å²) in [7, 11) is 0. The predicted octanol–water partition coefficient (Wildman–Crippen LogP) is 8.46. The minimum Gasteiger partial charge on any atom is -0.494 e. The number of hydrogen-bond donors (Lipinski definition) is 0. The molecule has 190 valence electrons. The van der Waals surface area contributed by atoms with Gasteiger partial charge in [0.1, 0.15) is 17.6 Å². The van der Waals surface area contributed by atoms with E-state index in [1.54, 1.807) is 0 Å². The molecule has 0 spiro atoms.